The standard InChI is InChI=1S/C25H18FIN2O6/c1-2-33-22-13-16(12-21-25(30)35-24(28-21)17-5-7-18(26)8-6-17)11-20(27)23(22)34-14-15-3-9-19(10-4-15)29(31)32/h3-13H,2,14H2,1H3/b21-12-. The van der Waals surface area contributed by atoms with Crippen LogP contribution < -0.4 is 9.47 Å². The smallest absolute Gasteiger partial charge is 0.363 e. The summed E-state index contributed by atoms with van der Waals surface area (Å²) in [6, 6.07) is 15.1. The van der Waals surface area contributed by atoms with E-state index < -0.39 is 16.7 Å². The number of halogens is 2. The van der Waals surface area contributed by atoms with E-state index in [4.69, 9.17) is 14.2 Å². The Kier molecular flexibility index (Phi) is 7.39. The van der Waals surface area contributed by atoms with Gasteiger partial charge in [-0.05, 0) is 95.2 Å². The second-order valence-corrected chi connectivity index (χ2v) is 8.48. The fourth-order valence-corrected chi connectivity index (χ4v) is 4.01. The van der Waals surface area contributed by atoms with Crippen LogP contribution in [-0.2, 0) is 16.1 Å². The third-order valence-electron chi connectivity index (χ3n) is 4.88. The molecule has 0 amide bonds. The van der Waals surface area contributed by atoms with E-state index >= 15 is 0 Å². The zero-order chi connectivity index (χ0) is 24.9. The topological polar surface area (TPSA) is 100 Å². The highest BCUT2D eigenvalue weighted by molar-refractivity contribution is 14.1. The maximum atomic E-state index is 13.2. The van der Waals surface area contributed by atoms with E-state index in [0.717, 1.165) is 9.13 Å². The van der Waals surface area contributed by atoms with Crippen molar-refractivity contribution in [3.63, 3.8) is 0 Å². The summed E-state index contributed by atoms with van der Waals surface area (Å²) in [7, 11) is 0. The highest BCUT2D eigenvalue weighted by atomic mass is 127. The van der Waals surface area contributed by atoms with Gasteiger partial charge in [-0.3, -0.25) is 10.1 Å². The molecule has 35 heavy (non-hydrogen) atoms. The Morgan fingerprint density at radius 1 is 1.11 bits per heavy atom. The molecule has 8 nitrogen and oxygen atoms in total. The number of hydrogen-bond donors (Lipinski definition) is 0. The van der Waals surface area contributed by atoms with Gasteiger partial charge in [0.2, 0.25) is 5.90 Å². The van der Waals surface area contributed by atoms with E-state index in [0.29, 0.717) is 29.2 Å². The lowest BCUT2D eigenvalue weighted by Crippen LogP contribution is -2.05. The van der Waals surface area contributed by atoms with Crippen molar-refractivity contribution >= 4 is 46.2 Å². The van der Waals surface area contributed by atoms with Crippen LogP contribution in [0.2, 0.25) is 0 Å². The van der Waals surface area contributed by atoms with Gasteiger partial charge < -0.3 is 14.2 Å². The van der Waals surface area contributed by atoms with E-state index in [1.165, 1.54) is 36.4 Å². The number of esters is 1. The lowest BCUT2D eigenvalue weighted by atomic mass is 10.1. The van der Waals surface area contributed by atoms with Crippen molar-refractivity contribution in [2.45, 2.75) is 13.5 Å². The highest BCUT2D eigenvalue weighted by Crippen LogP contribution is 2.36. The molecule has 0 bridgehead atoms. The number of non-ortho nitro benzene ring substituents is 1. The van der Waals surface area contributed by atoms with Crippen molar-refractivity contribution in [1.82, 2.24) is 0 Å². The Balaban J connectivity index is 1.57. The lowest BCUT2D eigenvalue weighted by molar-refractivity contribution is -0.384. The van der Waals surface area contributed by atoms with E-state index in [-0.39, 0.29) is 23.9 Å². The molecule has 0 fully saturated rings. The molecule has 0 radical (unpaired) electrons. The van der Waals surface area contributed by atoms with Gasteiger partial charge in [0.25, 0.3) is 5.69 Å². The third kappa shape index (κ3) is 5.83. The molecule has 3 aromatic carbocycles. The van der Waals surface area contributed by atoms with E-state index in [9.17, 15) is 19.3 Å². The fraction of sp³-hybridized carbons (Fsp3) is 0.120. The largest absolute Gasteiger partial charge is 0.490 e. The Hall–Kier alpha value is -3.80. The number of ether oxygens (including phenoxy) is 3. The first-order chi connectivity index (χ1) is 16.8. The first kappa shape index (κ1) is 24.3. The van der Waals surface area contributed by atoms with Crippen LogP contribution in [0.5, 0.6) is 11.5 Å². The third-order valence-corrected chi connectivity index (χ3v) is 5.68. The minimum absolute atomic E-state index is 0.00594. The summed E-state index contributed by atoms with van der Waals surface area (Å²) in [5, 5.41) is 10.8. The van der Waals surface area contributed by atoms with Crippen LogP contribution in [-0.4, -0.2) is 23.4 Å². The average Bonchev–Trinajstić information content (AvgIpc) is 3.19. The zero-order valence-electron chi connectivity index (χ0n) is 18.4. The molecule has 178 valence electrons. The maximum absolute atomic E-state index is 13.2. The van der Waals surface area contributed by atoms with Crippen molar-refractivity contribution in [1.29, 1.82) is 0 Å². The summed E-state index contributed by atoms with van der Waals surface area (Å²) < 4.78 is 30.9. The Bertz CT molecular complexity index is 1340. The lowest BCUT2D eigenvalue weighted by Gasteiger charge is -2.15. The fourth-order valence-electron chi connectivity index (χ4n) is 3.23. The minimum Gasteiger partial charge on any atom is -0.490 e. The molecule has 0 spiro atoms. The number of carbonyl (C=O) groups is 1. The molecule has 0 N–H and O–H groups in total. The van der Waals surface area contributed by atoms with E-state index in [1.54, 1.807) is 30.3 Å². The minimum atomic E-state index is -0.615. The number of hydrogen-bond acceptors (Lipinski definition) is 7. The molecule has 1 aliphatic heterocycles. The second kappa shape index (κ2) is 10.6. The normalized spacial score (nSPS) is 14.0. The Morgan fingerprint density at radius 3 is 2.49 bits per heavy atom. The molecule has 4 rings (SSSR count). The number of carbonyl (C=O) groups excluding carboxylic acids is 1. The maximum Gasteiger partial charge on any atom is 0.363 e. The number of rotatable bonds is 8. The number of aliphatic imine (C=N–C) groups is 1. The Morgan fingerprint density at radius 2 is 1.83 bits per heavy atom. The van der Waals surface area contributed by atoms with Crippen LogP contribution in [0, 0.1) is 19.5 Å². The molecule has 10 heteroatoms. The van der Waals surface area contributed by atoms with Crippen LogP contribution >= 0.6 is 22.6 Å². The average molecular weight is 588 g/mol. The first-order valence-corrected chi connectivity index (χ1v) is 11.5. The number of nitro benzene ring substituents is 1. The summed E-state index contributed by atoms with van der Waals surface area (Å²) in [5.74, 6) is 0.0721. The first-order valence-electron chi connectivity index (χ1n) is 10.4. The van der Waals surface area contributed by atoms with Gasteiger partial charge in [-0.2, -0.15) is 0 Å². The summed E-state index contributed by atoms with van der Waals surface area (Å²) in [5.41, 5.74) is 2.00. The monoisotopic (exact) mass is 588 g/mol. The van der Waals surface area contributed by atoms with Gasteiger partial charge in [-0.1, -0.05) is 0 Å². The molecule has 1 aliphatic rings. The zero-order valence-corrected chi connectivity index (χ0v) is 20.5. The predicted octanol–water partition coefficient (Wildman–Crippen LogP) is 5.66. The van der Waals surface area contributed by atoms with Crippen molar-refractivity contribution in [3.05, 3.63) is 103 Å². The molecule has 0 aromatic heterocycles. The van der Waals surface area contributed by atoms with Crippen LogP contribution in [0.1, 0.15) is 23.6 Å². The van der Waals surface area contributed by atoms with Crippen LogP contribution in [0.4, 0.5) is 10.1 Å². The molecule has 0 atom stereocenters. The molecule has 0 aliphatic carbocycles. The number of cyclic esters (lactones) is 1. The molecular formula is C25H18FIN2O6. The summed E-state index contributed by atoms with van der Waals surface area (Å²) in [6.45, 7) is 2.41. The van der Waals surface area contributed by atoms with Crippen LogP contribution in [0.15, 0.2) is 71.4 Å². The molecule has 3 aromatic rings. The Labute approximate surface area is 213 Å². The second-order valence-electron chi connectivity index (χ2n) is 7.32. The van der Waals surface area contributed by atoms with Gasteiger partial charge in [-0.25, -0.2) is 14.2 Å². The van der Waals surface area contributed by atoms with Gasteiger partial charge in [-0.15, -0.1) is 0 Å². The van der Waals surface area contributed by atoms with Crippen molar-refractivity contribution in [2.24, 2.45) is 4.99 Å². The van der Waals surface area contributed by atoms with Crippen molar-refractivity contribution in [2.75, 3.05) is 6.61 Å². The van der Waals surface area contributed by atoms with Crippen LogP contribution in [0.25, 0.3) is 6.08 Å². The van der Waals surface area contributed by atoms with Crippen molar-refractivity contribution in [3.8, 4) is 11.5 Å². The molecule has 1 heterocycles. The van der Waals surface area contributed by atoms with Gasteiger partial charge in [0, 0.05) is 17.7 Å². The quantitative estimate of drug-likeness (QED) is 0.111. The van der Waals surface area contributed by atoms with Gasteiger partial charge in [0.15, 0.2) is 17.2 Å². The number of nitrogens with zero attached hydrogens (tertiary/aromatic N) is 2. The number of benzene rings is 3. The molecular weight excluding hydrogens is 570 g/mol. The van der Waals surface area contributed by atoms with E-state index in [2.05, 4.69) is 27.6 Å². The van der Waals surface area contributed by atoms with Gasteiger partial charge in [0.05, 0.1) is 15.1 Å². The summed E-state index contributed by atoms with van der Waals surface area (Å²) in [6.07, 6.45) is 1.57. The van der Waals surface area contributed by atoms with Crippen molar-refractivity contribution < 1.29 is 28.3 Å². The highest BCUT2D eigenvalue weighted by Gasteiger charge is 2.24. The SMILES string of the molecule is CCOc1cc(/C=C2\N=C(c3ccc(F)cc3)OC2=O)cc(I)c1OCc1ccc([N+](=O)[O-])cc1. The van der Waals surface area contributed by atoms with Gasteiger partial charge >= 0.3 is 5.97 Å². The predicted molar refractivity (Wildman–Crippen MR) is 135 cm³/mol. The molecule has 0 unspecified atom stereocenters. The van der Waals surface area contributed by atoms with Crippen LogP contribution in [0.3, 0.4) is 0 Å². The summed E-state index contributed by atoms with van der Waals surface area (Å²) >= 11 is 2.11. The van der Waals surface area contributed by atoms with E-state index in [1.807, 2.05) is 6.92 Å². The summed E-state index contributed by atoms with van der Waals surface area (Å²) in [4.78, 5) is 27.0. The number of nitro groups is 1. The van der Waals surface area contributed by atoms with Gasteiger partial charge in [0.1, 0.15) is 12.4 Å². The molecule has 0 saturated carbocycles. The molecule has 0 saturated heterocycles.